The van der Waals surface area contributed by atoms with E-state index >= 15 is 0 Å². The van der Waals surface area contributed by atoms with Crippen LogP contribution in [0.25, 0.3) is 6.08 Å². The van der Waals surface area contributed by atoms with Crippen LogP contribution in [-0.4, -0.2) is 11.1 Å². The van der Waals surface area contributed by atoms with E-state index in [0.29, 0.717) is 20.8 Å². The zero-order chi connectivity index (χ0) is 16.1. The van der Waals surface area contributed by atoms with Gasteiger partial charge in [0.25, 0.3) is 5.91 Å². The van der Waals surface area contributed by atoms with Gasteiger partial charge in [0.1, 0.15) is 0 Å². The minimum Gasteiger partial charge on any atom is -0.300 e. The number of nitrogens with zero attached hydrogens (tertiary/aromatic N) is 1. The Balaban J connectivity index is 1.74. The van der Waals surface area contributed by atoms with E-state index < -0.39 is 0 Å². The van der Waals surface area contributed by atoms with Gasteiger partial charge in [0.2, 0.25) is 0 Å². The fraction of sp³-hybridized carbons (Fsp3) is 0. The van der Waals surface area contributed by atoms with Gasteiger partial charge in [-0.25, -0.2) is 4.99 Å². The van der Waals surface area contributed by atoms with E-state index in [4.69, 9.17) is 11.6 Å². The summed E-state index contributed by atoms with van der Waals surface area (Å²) in [6.07, 6.45) is 5.59. The molecule has 1 saturated heterocycles. The number of halogens is 1. The molecule has 0 aromatic heterocycles. The first-order chi connectivity index (χ1) is 11.2. The summed E-state index contributed by atoms with van der Waals surface area (Å²) < 4.78 is 0. The van der Waals surface area contributed by atoms with E-state index in [2.05, 4.69) is 10.3 Å². The van der Waals surface area contributed by atoms with Gasteiger partial charge >= 0.3 is 0 Å². The number of amides is 1. The molecule has 2 aromatic rings. The molecule has 3 nitrogen and oxygen atoms in total. The number of para-hydroxylation sites is 1. The fourth-order valence-corrected chi connectivity index (χ4v) is 2.92. The molecule has 1 fully saturated rings. The average Bonchev–Trinajstić information content (AvgIpc) is 2.90. The largest absolute Gasteiger partial charge is 0.300 e. The van der Waals surface area contributed by atoms with Crippen molar-refractivity contribution >= 4 is 46.2 Å². The summed E-state index contributed by atoms with van der Waals surface area (Å²) in [5, 5.41) is 3.82. The summed E-state index contributed by atoms with van der Waals surface area (Å²) in [6, 6.07) is 17.2. The molecule has 0 radical (unpaired) electrons. The summed E-state index contributed by atoms with van der Waals surface area (Å²) in [5.41, 5.74) is 1.72. The summed E-state index contributed by atoms with van der Waals surface area (Å²) in [5.74, 6) is -0.154. The van der Waals surface area contributed by atoms with Crippen LogP contribution in [-0.2, 0) is 4.79 Å². The molecule has 1 aliphatic heterocycles. The maximum atomic E-state index is 12.0. The van der Waals surface area contributed by atoms with Crippen molar-refractivity contribution in [3.63, 3.8) is 0 Å². The van der Waals surface area contributed by atoms with Gasteiger partial charge in [-0.3, -0.25) is 4.79 Å². The molecule has 0 aliphatic carbocycles. The van der Waals surface area contributed by atoms with Gasteiger partial charge in [-0.05, 0) is 35.5 Å². The molecule has 5 heteroatoms. The molecule has 1 aliphatic rings. The summed E-state index contributed by atoms with van der Waals surface area (Å²) in [6.45, 7) is 0. The number of nitrogens with one attached hydrogen (secondary N) is 1. The fourth-order valence-electron chi connectivity index (χ4n) is 1.96. The van der Waals surface area contributed by atoms with E-state index in [1.54, 1.807) is 18.2 Å². The first-order valence-corrected chi connectivity index (χ1v) is 8.18. The number of amidine groups is 1. The maximum Gasteiger partial charge on any atom is 0.264 e. The van der Waals surface area contributed by atoms with Crippen molar-refractivity contribution < 1.29 is 4.79 Å². The molecule has 1 amide bonds. The molecule has 1 N–H and O–H groups in total. The van der Waals surface area contributed by atoms with Crippen LogP contribution < -0.4 is 5.32 Å². The van der Waals surface area contributed by atoms with Crippen molar-refractivity contribution in [1.29, 1.82) is 0 Å². The Morgan fingerprint density at radius 3 is 2.57 bits per heavy atom. The number of thioether (sulfide) groups is 1. The second-order valence-corrected chi connectivity index (χ2v) is 6.16. The zero-order valence-corrected chi connectivity index (χ0v) is 13.6. The third kappa shape index (κ3) is 4.12. The quantitative estimate of drug-likeness (QED) is 0.816. The summed E-state index contributed by atoms with van der Waals surface area (Å²) in [4.78, 5) is 16.9. The molecule has 23 heavy (non-hydrogen) atoms. The monoisotopic (exact) mass is 340 g/mol. The van der Waals surface area contributed by atoms with Gasteiger partial charge in [-0.1, -0.05) is 66.2 Å². The van der Waals surface area contributed by atoms with Crippen LogP contribution in [0, 0.1) is 0 Å². The molecule has 0 saturated carbocycles. The highest BCUT2D eigenvalue weighted by atomic mass is 35.5. The normalized spacial score (nSPS) is 18.0. The number of benzene rings is 2. The molecule has 1 heterocycles. The number of carbonyl (C=O) groups is 1. The second kappa shape index (κ2) is 7.31. The first kappa shape index (κ1) is 15.6. The van der Waals surface area contributed by atoms with Crippen molar-refractivity contribution in [2.24, 2.45) is 4.99 Å². The first-order valence-electron chi connectivity index (χ1n) is 6.98. The third-order valence-electron chi connectivity index (χ3n) is 3.06. The topological polar surface area (TPSA) is 41.5 Å². The van der Waals surface area contributed by atoms with Crippen molar-refractivity contribution in [1.82, 2.24) is 5.32 Å². The number of hydrogen-bond donors (Lipinski definition) is 1. The highest BCUT2D eigenvalue weighted by molar-refractivity contribution is 8.18. The van der Waals surface area contributed by atoms with Gasteiger partial charge in [-0.2, -0.15) is 0 Å². The van der Waals surface area contributed by atoms with Gasteiger partial charge in [0.15, 0.2) is 5.17 Å². The standard InChI is InChI=1S/C18H13ClN2OS/c19-14-10-4-5-11-15(14)20-18-21-17(22)16(23-18)12-6-9-13-7-2-1-3-8-13/h1-12H,(H,20,21,22). The van der Waals surface area contributed by atoms with E-state index in [0.717, 1.165) is 5.56 Å². The third-order valence-corrected chi connectivity index (χ3v) is 4.31. The van der Waals surface area contributed by atoms with Crippen molar-refractivity contribution in [2.75, 3.05) is 0 Å². The lowest BCUT2D eigenvalue weighted by Gasteiger charge is -1.98. The van der Waals surface area contributed by atoms with Crippen LogP contribution >= 0.6 is 23.4 Å². The number of allylic oxidation sites excluding steroid dienone is 2. The van der Waals surface area contributed by atoms with Gasteiger partial charge in [0.05, 0.1) is 15.6 Å². The van der Waals surface area contributed by atoms with Crippen molar-refractivity contribution in [3.05, 3.63) is 82.2 Å². The molecule has 2 aromatic carbocycles. The van der Waals surface area contributed by atoms with Gasteiger partial charge < -0.3 is 5.32 Å². The van der Waals surface area contributed by atoms with Gasteiger partial charge in [0, 0.05) is 0 Å². The number of rotatable bonds is 3. The Hall–Kier alpha value is -2.30. The Bertz CT molecular complexity index is 813. The molecular formula is C18H13ClN2OS. The highest BCUT2D eigenvalue weighted by Gasteiger charge is 2.23. The van der Waals surface area contributed by atoms with Crippen LogP contribution in [0.1, 0.15) is 5.56 Å². The minimum absolute atomic E-state index is 0.154. The lowest BCUT2D eigenvalue weighted by atomic mass is 10.2. The maximum absolute atomic E-state index is 12.0. The molecule has 0 spiro atoms. The van der Waals surface area contributed by atoms with Crippen LogP contribution in [0.15, 0.2) is 76.6 Å². The molecular weight excluding hydrogens is 328 g/mol. The van der Waals surface area contributed by atoms with Crippen LogP contribution in [0.4, 0.5) is 5.69 Å². The number of hydrogen-bond acceptors (Lipinski definition) is 3. The molecule has 0 unspecified atom stereocenters. The molecule has 0 bridgehead atoms. The number of carbonyl (C=O) groups excluding carboxylic acids is 1. The van der Waals surface area contributed by atoms with Crippen molar-refractivity contribution in [3.8, 4) is 0 Å². The van der Waals surface area contributed by atoms with Gasteiger partial charge in [-0.15, -0.1) is 0 Å². The van der Waals surface area contributed by atoms with Crippen molar-refractivity contribution in [2.45, 2.75) is 0 Å². The molecule has 114 valence electrons. The van der Waals surface area contributed by atoms with E-state index in [9.17, 15) is 4.79 Å². The van der Waals surface area contributed by atoms with E-state index in [1.807, 2.05) is 54.6 Å². The Morgan fingerprint density at radius 1 is 1.04 bits per heavy atom. The highest BCUT2D eigenvalue weighted by Crippen LogP contribution is 2.29. The van der Waals surface area contributed by atoms with Crippen LogP contribution in [0.5, 0.6) is 0 Å². The zero-order valence-electron chi connectivity index (χ0n) is 12.1. The Labute approximate surface area is 143 Å². The number of aliphatic imine (C=N–C) groups is 1. The van der Waals surface area contributed by atoms with E-state index in [1.165, 1.54) is 11.8 Å². The SMILES string of the molecule is O=C1NC(=Nc2ccccc2Cl)SC1=CC=Cc1ccccc1. The predicted molar refractivity (Wildman–Crippen MR) is 97.8 cm³/mol. The Kier molecular flexibility index (Phi) is 4.95. The van der Waals surface area contributed by atoms with Crippen LogP contribution in [0.2, 0.25) is 5.02 Å². The lowest BCUT2D eigenvalue weighted by Crippen LogP contribution is -2.19. The Morgan fingerprint density at radius 2 is 1.78 bits per heavy atom. The molecule has 3 rings (SSSR count). The minimum atomic E-state index is -0.154. The summed E-state index contributed by atoms with van der Waals surface area (Å²) >= 11 is 7.37. The smallest absolute Gasteiger partial charge is 0.264 e. The predicted octanol–water partition coefficient (Wildman–Crippen LogP) is 4.79. The molecule has 0 atom stereocenters. The van der Waals surface area contributed by atoms with E-state index in [-0.39, 0.29) is 5.91 Å². The second-order valence-electron chi connectivity index (χ2n) is 4.73. The summed E-state index contributed by atoms with van der Waals surface area (Å²) in [7, 11) is 0. The lowest BCUT2D eigenvalue weighted by molar-refractivity contribution is -0.115. The van der Waals surface area contributed by atoms with Crippen LogP contribution in [0.3, 0.4) is 0 Å². The average molecular weight is 341 g/mol.